The molecule has 1 fully saturated rings. The van der Waals surface area contributed by atoms with E-state index in [9.17, 15) is 9.59 Å². The van der Waals surface area contributed by atoms with Crippen LogP contribution < -0.4 is 0 Å². The number of aromatic amines is 1. The van der Waals surface area contributed by atoms with Gasteiger partial charge in [0.1, 0.15) is 0 Å². The van der Waals surface area contributed by atoms with Crippen LogP contribution in [0.4, 0.5) is 0 Å². The summed E-state index contributed by atoms with van der Waals surface area (Å²) in [7, 11) is 0. The second kappa shape index (κ2) is 7.59. The molecule has 1 aromatic heterocycles. The predicted octanol–water partition coefficient (Wildman–Crippen LogP) is 3.15. The lowest BCUT2D eigenvalue weighted by Crippen LogP contribution is -2.51. The number of piperazine rings is 1. The van der Waals surface area contributed by atoms with Crippen LogP contribution >= 0.6 is 0 Å². The summed E-state index contributed by atoms with van der Waals surface area (Å²) in [6, 6.07) is 9.93. The zero-order chi connectivity index (χ0) is 19.6. The summed E-state index contributed by atoms with van der Waals surface area (Å²) in [5.41, 5.74) is 3.99. The summed E-state index contributed by atoms with van der Waals surface area (Å²) in [6.45, 7) is 10.9. The van der Waals surface area contributed by atoms with Crippen molar-refractivity contribution < 1.29 is 9.59 Å². The van der Waals surface area contributed by atoms with Crippen molar-refractivity contribution in [1.82, 2.24) is 14.8 Å². The molecule has 2 aromatic rings. The van der Waals surface area contributed by atoms with E-state index >= 15 is 0 Å². The molecule has 0 atom stereocenters. The third-order valence-electron chi connectivity index (χ3n) is 5.25. The minimum atomic E-state index is 0.0597. The van der Waals surface area contributed by atoms with E-state index in [1.165, 1.54) is 5.56 Å². The first kappa shape index (κ1) is 19.2. The zero-order valence-electron chi connectivity index (χ0n) is 16.7. The van der Waals surface area contributed by atoms with Gasteiger partial charge in [0, 0.05) is 43.6 Å². The highest BCUT2D eigenvalue weighted by molar-refractivity contribution is 5.96. The predicted molar refractivity (Wildman–Crippen MR) is 107 cm³/mol. The van der Waals surface area contributed by atoms with Crippen molar-refractivity contribution >= 4 is 11.8 Å². The van der Waals surface area contributed by atoms with Crippen molar-refractivity contribution in [2.45, 2.75) is 39.5 Å². The molecule has 0 unspecified atom stereocenters. The molecule has 0 aliphatic carbocycles. The van der Waals surface area contributed by atoms with Gasteiger partial charge in [-0.15, -0.1) is 0 Å². The van der Waals surface area contributed by atoms with Gasteiger partial charge >= 0.3 is 0 Å². The molecule has 0 bridgehead atoms. The van der Waals surface area contributed by atoms with Crippen molar-refractivity contribution in [1.29, 1.82) is 0 Å². The molecule has 5 heteroatoms. The Morgan fingerprint density at radius 2 is 1.70 bits per heavy atom. The number of nitrogens with zero attached hydrogens (tertiary/aromatic N) is 2. The van der Waals surface area contributed by atoms with Gasteiger partial charge in [0.25, 0.3) is 5.91 Å². The van der Waals surface area contributed by atoms with E-state index in [0.717, 1.165) is 16.8 Å². The summed E-state index contributed by atoms with van der Waals surface area (Å²) < 4.78 is 0. The summed E-state index contributed by atoms with van der Waals surface area (Å²) >= 11 is 0. The maximum Gasteiger partial charge on any atom is 0.254 e. The van der Waals surface area contributed by atoms with E-state index in [2.05, 4.69) is 37.9 Å². The number of carbonyl (C=O) groups is 2. The number of hydrogen-bond donors (Lipinski definition) is 1. The average Bonchev–Trinajstić information content (AvgIpc) is 3.13. The summed E-state index contributed by atoms with van der Waals surface area (Å²) in [5, 5.41) is 0. The topological polar surface area (TPSA) is 56.4 Å². The highest BCUT2D eigenvalue weighted by Crippen LogP contribution is 2.25. The Morgan fingerprint density at radius 1 is 1.04 bits per heavy atom. The van der Waals surface area contributed by atoms with Gasteiger partial charge in [-0.25, -0.2) is 0 Å². The Kier molecular flexibility index (Phi) is 5.40. The molecular formula is C22H29N3O2. The van der Waals surface area contributed by atoms with E-state index in [1.54, 1.807) is 0 Å². The second-order valence-corrected chi connectivity index (χ2v) is 8.32. The number of aromatic nitrogens is 1. The van der Waals surface area contributed by atoms with Crippen molar-refractivity contribution in [2.24, 2.45) is 0 Å². The van der Waals surface area contributed by atoms with Gasteiger partial charge < -0.3 is 14.8 Å². The van der Waals surface area contributed by atoms with Gasteiger partial charge in [0.2, 0.25) is 5.91 Å². The fourth-order valence-corrected chi connectivity index (χ4v) is 3.45. The van der Waals surface area contributed by atoms with Crippen molar-refractivity contribution in [2.75, 3.05) is 26.2 Å². The third kappa shape index (κ3) is 4.41. The van der Waals surface area contributed by atoms with Crippen LogP contribution in [-0.2, 0) is 16.6 Å². The smallest absolute Gasteiger partial charge is 0.254 e. The number of hydrogen-bond acceptors (Lipinski definition) is 2. The number of H-pyrrole nitrogens is 1. The number of carbonyl (C=O) groups excluding carboxylic acids is 2. The number of nitrogens with one attached hydrogen (secondary N) is 1. The van der Waals surface area contributed by atoms with E-state index in [0.29, 0.717) is 32.6 Å². The highest BCUT2D eigenvalue weighted by Gasteiger charge is 2.26. The number of rotatable bonds is 3. The average molecular weight is 367 g/mol. The minimum absolute atomic E-state index is 0.0597. The lowest BCUT2D eigenvalue weighted by Gasteiger charge is -2.35. The standard InChI is InChI=1S/C22H29N3O2/c1-16-14-17(22(2,3)4)7-8-19(16)21(27)25-12-10-24(11-13-25)20(26)15-18-6-5-9-23-18/h5-9,14,23H,10-13,15H2,1-4H3. The van der Waals surface area contributed by atoms with Crippen LogP contribution in [0.5, 0.6) is 0 Å². The van der Waals surface area contributed by atoms with Crippen LogP contribution in [0.2, 0.25) is 0 Å². The SMILES string of the molecule is Cc1cc(C(C)(C)C)ccc1C(=O)N1CCN(C(=O)Cc2ccc[nH]2)CC1. The lowest BCUT2D eigenvalue weighted by molar-refractivity contribution is -0.132. The third-order valence-corrected chi connectivity index (χ3v) is 5.25. The summed E-state index contributed by atoms with van der Waals surface area (Å²) in [6.07, 6.45) is 2.21. The van der Waals surface area contributed by atoms with E-state index in [4.69, 9.17) is 0 Å². The maximum atomic E-state index is 12.9. The Morgan fingerprint density at radius 3 is 2.26 bits per heavy atom. The van der Waals surface area contributed by atoms with Gasteiger partial charge in [-0.1, -0.05) is 32.9 Å². The largest absolute Gasteiger partial charge is 0.365 e. The van der Waals surface area contributed by atoms with Crippen molar-refractivity contribution in [3.63, 3.8) is 0 Å². The molecule has 1 N–H and O–H groups in total. The molecular weight excluding hydrogens is 338 g/mol. The van der Waals surface area contributed by atoms with Crippen LogP contribution in [0.1, 0.15) is 48.0 Å². The molecule has 0 spiro atoms. The van der Waals surface area contributed by atoms with E-state index < -0.39 is 0 Å². The van der Waals surface area contributed by atoms with Crippen LogP contribution in [0.3, 0.4) is 0 Å². The van der Waals surface area contributed by atoms with Crippen molar-refractivity contribution in [3.05, 3.63) is 58.9 Å². The Bertz CT molecular complexity index is 811. The quantitative estimate of drug-likeness (QED) is 0.906. The summed E-state index contributed by atoms with van der Waals surface area (Å²) in [4.78, 5) is 32.1. The second-order valence-electron chi connectivity index (χ2n) is 8.32. The van der Waals surface area contributed by atoms with Gasteiger partial charge in [-0.2, -0.15) is 0 Å². The molecule has 1 saturated heterocycles. The molecule has 5 nitrogen and oxygen atoms in total. The molecule has 1 aliphatic heterocycles. The van der Waals surface area contributed by atoms with E-state index in [1.807, 2.05) is 41.1 Å². The first-order chi connectivity index (χ1) is 12.8. The Balaban J connectivity index is 1.61. The molecule has 1 aromatic carbocycles. The fraction of sp³-hybridized carbons (Fsp3) is 0.455. The van der Waals surface area contributed by atoms with Crippen LogP contribution in [0.25, 0.3) is 0 Å². The zero-order valence-corrected chi connectivity index (χ0v) is 16.7. The highest BCUT2D eigenvalue weighted by atomic mass is 16.2. The first-order valence-corrected chi connectivity index (χ1v) is 9.56. The fourth-order valence-electron chi connectivity index (χ4n) is 3.45. The molecule has 0 radical (unpaired) electrons. The van der Waals surface area contributed by atoms with Crippen LogP contribution in [0, 0.1) is 6.92 Å². The Hall–Kier alpha value is -2.56. The minimum Gasteiger partial charge on any atom is -0.365 e. The molecule has 1 aliphatic rings. The van der Waals surface area contributed by atoms with Gasteiger partial charge in [-0.05, 0) is 41.7 Å². The Labute approximate surface area is 161 Å². The molecule has 3 rings (SSSR count). The number of benzene rings is 1. The van der Waals surface area contributed by atoms with Gasteiger partial charge in [0.15, 0.2) is 0 Å². The number of aryl methyl sites for hydroxylation is 1. The normalized spacial score (nSPS) is 15.1. The molecule has 27 heavy (non-hydrogen) atoms. The lowest BCUT2D eigenvalue weighted by atomic mass is 9.85. The van der Waals surface area contributed by atoms with Gasteiger partial charge in [-0.3, -0.25) is 9.59 Å². The van der Waals surface area contributed by atoms with Crippen molar-refractivity contribution in [3.8, 4) is 0 Å². The van der Waals surface area contributed by atoms with Crippen LogP contribution in [-0.4, -0.2) is 52.8 Å². The molecule has 2 heterocycles. The molecule has 2 amide bonds. The van der Waals surface area contributed by atoms with E-state index in [-0.39, 0.29) is 17.2 Å². The molecule has 0 saturated carbocycles. The monoisotopic (exact) mass is 367 g/mol. The first-order valence-electron chi connectivity index (χ1n) is 9.56. The van der Waals surface area contributed by atoms with Gasteiger partial charge in [0.05, 0.1) is 6.42 Å². The maximum absolute atomic E-state index is 12.9. The summed E-state index contributed by atoms with van der Waals surface area (Å²) in [5.74, 6) is 0.166. The number of amides is 2. The molecule has 144 valence electrons. The van der Waals surface area contributed by atoms with Crippen LogP contribution in [0.15, 0.2) is 36.5 Å².